The molecule has 0 aliphatic heterocycles. The second-order valence-corrected chi connectivity index (χ2v) is 5.24. The summed E-state index contributed by atoms with van der Waals surface area (Å²) in [5.74, 6) is 3.11. The van der Waals surface area contributed by atoms with Gasteiger partial charge in [-0.05, 0) is 6.42 Å². The van der Waals surface area contributed by atoms with E-state index in [1.54, 1.807) is 0 Å². The van der Waals surface area contributed by atoms with Gasteiger partial charge in [0, 0.05) is 17.9 Å². The Morgan fingerprint density at radius 2 is 2.22 bits per heavy atom. The van der Waals surface area contributed by atoms with E-state index in [1.165, 1.54) is 0 Å². The summed E-state index contributed by atoms with van der Waals surface area (Å²) < 4.78 is 0. The summed E-state index contributed by atoms with van der Waals surface area (Å²) in [7, 11) is 0. The molecule has 2 N–H and O–H groups in total. The molecule has 98 valence electrons. The summed E-state index contributed by atoms with van der Waals surface area (Å²) in [6.07, 6.45) is 6.54. The van der Waals surface area contributed by atoms with E-state index in [1.807, 2.05) is 27.7 Å². The van der Waals surface area contributed by atoms with Crippen molar-refractivity contribution in [3.05, 3.63) is 11.6 Å². The number of hydrogen-bond donors (Lipinski definition) is 2. The zero-order chi connectivity index (χ0) is 13.8. The first-order valence-corrected chi connectivity index (χ1v) is 6.05. The van der Waals surface area contributed by atoms with Crippen molar-refractivity contribution in [3.63, 3.8) is 0 Å². The number of carbonyl (C=O) groups excluding carboxylic acids is 1. The van der Waals surface area contributed by atoms with Gasteiger partial charge in [-0.15, -0.1) is 17.4 Å². The lowest BCUT2D eigenvalue weighted by molar-refractivity contribution is 0.0926. The van der Waals surface area contributed by atoms with Crippen LogP contribution in [0.2, 0.25) is 0 Å². The molecule has 5 nitrogen and oxygen atoms in total. The zero-order valence-corrected chi connectivity index (χ0v) is 11.4. The van der Waals surface area contributed by atoms with Crippen molar-refractivity contribution in [1.29, 1.82) is 0 Å². The third kappa shape index (κ3) is 3.59. The maximum absolute atomic E-state index is 11.9. The van der Waals surface area contributed by atoms with Gasteiger partial charge in [0.1, 0.15) is 5.82 Å². The fourth-order valence-corrected chi connectivity index (χ4v) is 1.39. The molecule has 0 bridgehead atoms. The predicted octanol–water partition coefficient (Wildman–Crippen LogP) is 1.63. The molecule has 0 radical (unpaired) electrons. The molecular weight excluding hydrogens is 228 g/mol. The Morgan fingerprint density at radius 1 is 1.56 bits per heavy atom. The third-order valence-corrected chi connectivity index (χ3v) is 2.59. The normalized spacial score (nSPS) is 12.8. The summed E-state index contributed by atoms with van der Waals surface area (Å²) in [5.41, 5.74) is -0.158. The molecule has 1 aromatic rings. The van der Waals surface area contributed by atoms with Gasteiger partial charge in [0.2, 0.25) is 5.82 Å². The summed E-state index contributed by atoms with van der Waals surface area (Å²) in [6, 6.07) is -0.0286. The Hall–Kier alpha value is -1.83. The second kappa shape index (κ2) is 5.67. The number of amides is 1. The van der Waals surface area contributed by atoms with Crippen LogP contribution in [0.5, 0.6) is 0 Å². The summed E-state index contributed by atoms with van der Waals surface area (Å²) in [5, 5.41) is 9.54. The van der Waals surface area contributed by atoms with E-state index < -0.39 is 0 Å². The molecule has 1 atom stereocenters. The summed E-state index contributed by atoms with van der Waals surface area (Å²) >= 11 is 0. The van der Waals surface area contributed by atoms with Crippen molar-refractivity contribution in [2.45, 2.75) is 52.0 Å². The van der Waals surface area contributed by atoms with Crippen LogP contribution in [0.15, 0.2) is 0 Å². The number of H-pyrrole nitrogens is 1. The van der Waals surface area contributed by atoms with Crippen LogP contribution < -0.4 is 5.32 Å². The van der Waals surface area contributed by atoms with Gasteiger partial charge in [-0.2, -0.15) is 0 Å². The van der Waals surface area contributed by atoms with Crippen LogP contribution >= 0.6 is 0 Å². The molecule has 5 heteroatoms. The van der Waals surface area contributed by atoms with Crippen LogP contribution in [0.3, 0.4) is 0 Å². The molecule has 0 aromatic carbocycles. The molecule has 1 unspecified atom stereocenters. The Kier molecular flexibility index (Phi) is 4.49. The monoisotopic (exact) mass is 248 g/mol. The SMILES string of the molecule is C#CCC(CC)NC(=O)c1n[nH]c(C(C)(C)C)n1. The summed E-state index contributed by atoms with van der Waals surface area (Å²) in [6.45, 7) is 7.98. The van der Waals surface area contributed by atoms with Crippen LogP contribution in [0, 0.1) is 12.3 Å². The third-order valence-electron chi connectivity index (χ3n) is 2.59. The molecular formula is C13H20N4O. The number of terminal acetylenes is 1. The molecule has 1 aromatic heterocycles. The number of hydrogen-bond acceptors (Lipinski definition) is 3. The first-order chi connectivity index (χ1) is 8.38. The van der Waals surface area contributed by atoms with Gasteiger partial charge in [-0.3, -0.25) is 9.89 Å². The van der Waals surface area contributed by atoms with Crippen LogP contribution in [0.4, 0.5) is 0 Å². The average Bonchev–Trinajstić information content (AvgIpc) is 2.77. The van der Waals surface area contributed by atoms with Crippen molar-refractivity contribution in [2.75, 3.05) is 0 Å². The molecule has 1 heterocycles. The highest BCUT2D eigenvalue weighted by molar-refractivity contribution is 5.90. The van der Waals surface area contributed by atoms with Gasteiger partial charge >= 0.3 is 0 Å². The van der Waals surface area contributed by atoms with Crippen LogP contribution in [0.1, 0.15) is 57.0 Å². The minimum absolute atomic E-state index is 0.0286. The van der Waals surface area contributed by atoms with E-state index in [4.69, 9.17) is 6.42 Å². The van der Waals surface area contributed by atoms with Crippen molar-refractivity contribution in [1.82, 2.24) is 20.5 Å². The molecule has 0 aliphatic rings. The maximum Gasteiger partial charge on any atom is 0.291 e. The van der Waals surface area contributed by atoms with Gasteiger partial charge in [-0.25, -0.2) is 4.98 Å². The fraction of sp³-hybridized carbons (Fsp3) is 0.615. The molecule has 1 rings (SSSR count). The fourth-order valence-electron chi connectivity index (χ4n) is 1.39. The minimum atomic E-state index is -0.288. The Balaban J connectivity index is 2.73. The van der Waals surface area contributed by atoms with Crippen molar-refractivity contribution in [3.8, 4) is 12.3 Å². The maximum atomic E-state index is 11.9. The number of nitrogens with one attached hydrogen (secondary N) is 2. The minimum Gasteiger partial charge on any atom is -0.346 e. The van der Waals surface area contributed by atoms with Gasteiger partial charge in [-0.1, -0.05) is 27.7 Å². The first-order valence-electron chi connectivity index (χ1n) is 6.05. The van der Waals surface area contributed by atoms with E-state index >= 15 is 0 Å². The van der Waals surface area contributed by atoms with Crippen molar-refractivity contribution >= 4 is 5.91 Å². The molecule has 1 amide bonds. The largest absolute Gasteiger partial charge is 0.346 e. The number of rotatable bonds is 4. The highest BCUT2D eigenvalue weighted by Gasteiger charge is 2.22. The number of nitrogens with zero attached hydrogens (tertiary/aromatic N) is 2. The van der Waals surface area contributed by atoms with Gasteiger partial charge in [0.25, 0.3) is 5.91 Å². The molecule has 0 fully saturated rings. The Labute approximate surface area is 108 Å². The molecule has 0 aliphatic carbocycles. The van der Waals surface area contributed by atoms with E-state index in [0.29, 0.717) is 12.2 Å². The average molecular weight is 248 g/mol. The number of carbonyl (C=O) groups is 1. The van der Waals surface area contributed by atoms with Crippen molar-refractivity contribution < 1.29 is 4.79 Å². The van der Waals surface area contributed by atoms with E-state index in [9.17, 15) is 4.79 Å². The van der Waals surface area contributed by atoms with Gasteiger partial charge in [0.05, 0.1) is 0 Å². The number of aromatic nitrogens is 3. The molecule has 0 saturated carbocycles. The van der Waals surface area contributed by atoms with Crippen molar-refractivity contribution in [2.24, 2.45) is 0 Å². The van der Waals surface area contributed by atoms with E-state index in [-0.39, 0.29) is 23.2 Å². The molecule has 0 saturated heterocycles. The molecule has 0 spiro atoms. The van der Waals surface area contributed by atoms with E-state index in [2.05, 4.69) is 26.4 Å². The van der Waals surface area contributed by atoms with Gasteiger partial charge in [0.15, 0.2) is 0 Å². The second-order valence-electron chi connectivity index (χ2n) is 5.24. The Morgan fingerprint density at radius 3 is 2.67 bits per heavy atom. The first kappa shape index (κ1) is 14.2. The van der Waals surface area contributed by atoms with E-state index in [0.717, 1.165) is 6.42 Å². The predicted molar refractivity (Wildman–Crippen MR) is 70.1 cm³/mol. The smallest absolute Gasteiger partial charge is 0.291 e. The standard InChI is InChI=1S/C13H20N4O/c1-6-8-9(7-2)14-11(18)10-15-12(17-16-10)13(3,4)5/h1,9H,7-8H2,2-5H3,(H,14,18)(H,15,16,17). The van der Waals surface area contributed by atoms with Crippen LogP contribution in [-0.4, -0.2) is 27.1 Å². The quantitative estimate of drug-likeness (QED) is 0.796. The van der Waals surface area contributed by atoms with Gasteiger partial charge < -0.3 is 5.32 Å². The number of aromatic amines is 1. The highest BCUT2D eigenvalue weighted by Crippen LogP contribution is 2.17. The zero-order valence-electron chi connectivity index (χ0n) is 11.4. The highest BCUT2D eigenvalue weighted by atomic mass is 16.2. The summed E-state index contributed by atoms with van der Waals surface area (Å²) in [4.78, 5) is 16.1. The lowest BCUT2D eigenvalue weighted by Crippen LogP contribution is -2.34. The lowest BCUT2D eigenvalue weighted by atomic mass is 9.96. The van der Waals surface area contributed by atoms with Crippen LogP contribution in [-0.2, 0) is 5.41 Å². The topological polar surface area (TPSA) is 70.7 Å². The lowest BCUT2D eigenvalue weighted by Gasteiger charge is -2.13. The molecule has 18 heavy (non-hydrogen) atoms. The van der Waals surface area contributed by atoms with Crippen LogP contribution in [0.25, 0.3) is 0 Å². The Bertz CT molecular complexity index is 450.